The molecule has 6 rings (SSSR count). The second-order valence-corrected chi connectivity index (χ2v) is 16.5. The Morgan fingerprint density at radius 1 is 1.12 bits per heavy atom. The number of halogens is 1. The van der Waals surface area contributed by atoms with E-state index in [0.29, 0.717) is 50.4 Å². The van der Waals surface area contributed by atoms with Gasteiger partial charge in [0.15, 0.2) is 0 Å². The van der Waals surface area contributed by atoms with Gasteiger partial charge >= 0.3 is 0 Å². The van der Waals surface area contributed by atoms with Crippen molar-refractivity contribution in [2.24, 2.45) is 17.0 Å². The van der Waals surface area contributed by atoms with Crippen molar-refractivity contribution in [3.8, 4) is 16.9 Å². The van der Waals surface area contributed by atoms with Crippen LogP contribution in [0.1, 0.15) is 26.2 Å². The number of methoxy groups -OCH3 is 1. The van der Waals surface area contributed by atoms with Gasteiger partial charge in [0.2, 0.25) is 5.95 Å². The normalized spacial score (nSPS) is 17.0. The third kappa shape index (κ3) is 7.04. The smallest absolute Gasteiger partial charge is 0.229 e. The van der Waals surface area contributed by atoms with Crippen molar-refractivity contribution in [3.63, 3.8) is 0 Å². The molecule has 0 amide bonds. The van der Waals surface area contributed by atoms with Crippen LogP contribution in [0.5, 0.6) is 5.75 Å². The van der Waals surface area contributed by atoms with E-state index in [9.17, 15) is 4.57 Å². The van der Waals surface area contributed by atoms with E-state index in [4.69, 9.17) is 9.72 Å². The number of anilines is 5. The minimum atomic E-state index is -2.82. The highest BCUT2D eigenvalue weighted by atomic mass is 79.9. The van der Waals surface area contributed by atoms with Crippen molar-refractivity contribution in [2.45, 2.75) is 32.2 Å². The predicted octanol–water partition coefficient (Wildman–Crippen LogP) is 7.11. The van der Waals surface area contributed by atoms with Crippen LogP contribution in [-0.2, 0) is 11.6 Å². The van der Waals surface area contributed by atoms with Gasteiger partial charge in [0.1, 0.15) is 24.4 Å². The second kappa shape index (κ2) is 14.2. The van der Waals surface area contributed by atoms with Crippen LogP contribution in [0, 0.1) is 0 Å². The summed E-state index contributed by atoms with van der Waals surface area (Å²) in [6.45, 7) is 13.1. The van der Waals surface area contributed by atoms with Crippen LogP contribution in [0.2, 0.25) is 0 Å². The Kier molecular flexibility index (Phi) is 10.0. The molecule has 2 aliphatic rings. The Bertz CT molecular complexity index is 1900. The van der Waals surface area contributed by atoms with Crippen molar-refractivity contribution in [1.82, 2.24) is 24.6 Å². The zero-order valence-electron chi connectivity index (χ0n) is 28.1. The van der Waals surface area contributed by atoms with E-state index in [2.05, 4.69) is 75.3 Å². The molecule has 0 bridgehead atoms. The Hall–Kier alpha value is -4.06. The molecule has 2 aromatic carbocycles. The predicted molar refractivity (Wildman–Crippen MR) is 201 cm³/mol. The molecule has 4 heterocycles. The van der Waals surface area contributed by atoms with Crippen LogP contribution in [0.3, 0.4) is 0 Å². The number of piperidine rings is 1. The van der Waals surface area contributed by atoms with Gasteiger partial charge in [-0.25, -0.2) is 4.98 Å². The van der Waals surface area contributed by atoms with Gasteiger partial charge in [0.25, 0.3) is 0 Å². The SMILES string of the molecule is C=Nc1ccc(Nc2nc(Nc3cc(-c4cnn(C)c4)c(N4CCN5CCCC[C@@H]5C4)cc3OC)ncc2Br)c(P(C)(C)=O)c1N=CC. The van der Waals surface area contributed by atoms with Gasteiger partial charge in [-0.3, -0.25) is 19.6 Å². The summed E-state index contributed by atoms with van der Waals surface area (Å²) in [5.74, 6) is 1.52. The van der Waals surface area contributed by atoms with Crippen molar-refractivity contribution >= 4 is 81.5 Å². The fraction of sp³-hybridized carbons (Fsp3) is 0.382. The van der Waals surface area contributed by atoms with E-state index < -0.39 is 7.14 Å². The first-order valence-corrected chi connectivity index (χ1v) is 19.4. The molecule has 0 radical (unpaired) electrons. The highest BCUT2D eigenvalue weighted by molar-refractivity contribution is 9.10. The molecule has 12 nitrogen and oxygen atoms in total. The molecule has 252 valence electrons. The number of fused-ring (bicyclic) bond motifs is 1. The summed E-state index contributed by atoms with van der Waals surface area (Å²) in [7, 11) is 0.785. The molecule has 2 N–H and O–H groups in total. The van der Waals surface area contributed by atoms with E-state index >= 15 is 0 Å². The number of aliphatic imine (C=N–C) groups is 2. The van der Waals surface area contributed by atoms with Crippen molar-refractivity contribution in [1.29, 1.82) is 0 Å². The maximum Gasteiger partial charge on any atom is 0.229 e. The lowest BCUT2D eigenvalue weighted by molar-refractivity contribution is 0.133. The number of aromatic nitrogens is 4. The van der Waals surface area contributed by atoms with Gasteiger partial charge in [0, 0.05) is 74.2 Å². The fourth-order valence-electron chi connectivity index (χ4n) is 6.63. The standard InChI is InChI=1S/C34H42BrN10O2P/c1-7-37-31-26(36-2)11-12-27(32(31)48(5,6)46)40-33-25(35)19-38-34(42-33)41-28-16-24(22-18-39-43(3)20-22)29(17-30(28)47-4)45-15-14-44-13-9-8-10-23(44)21-45/h7,11-12,16-20,23H,2,8-10,13-15,21H2,1,3-6H3,(H2,38,40,41,42)/t23-/m1/s1. The first kappa shape index (κ1) is 33.8. The maximum absolute atomic E-state index is 13.6. The van der Waals surface area contributed by atoms with Crippen LogP contribution in [0.15, 0.2) is 57.3 Å². The lowest BCUT2D eigenvalue weighted by Gasteiger charge is -2.45. The molecule has 0 spiro atoms. The molecular weight excluding hydrogens is 691 g/mol. The molecule has 48 heavy (non-hydrogen) atoms. The van der Waals surface area contributed by atoms with Crippen LogP contribution in [-0.4, -0.2) is 90.2 Å². The summed E-state index contributed by atoms with van der Waals surface area (Å²) < 4.78 is 22.0. The van der Waals surface area contributed by atoms with Crippen molar-refractivity contribution in [3.05, 3.63) is 47.3 Å². The summed E-state index contributed by atoms with van der Waals surface area (Å²) in [4.78, 5) is 23.1. The van der Waals surface area contributed by atoms with Gasteiger partial charge < -0.3 is 24.8 Å². The van der Waals surface area contributed by atoms with E-state index in [1.807, 2.05) is 37.1 Å². The number of piperazine rings is 1. The Labute approximate surface area is 290 Å². The van der Waals surface area contributed by atoms with Crippen LogP contribution in [0.4, 0.5) is 40.2 Å². The maximum atomic E-state index is 13.6. The Morgan fingerprint density at radius 3 is 2.67 bits per heavy atom. The zero-order valence-corrected chi connectivity index (χ0v) is 30.6. The topological polar surface area (TPSA) is 125 Å². The van der Waals surface area contributed by atoms with Crippen LogP contribution in [0.25, 0.3) is 11.1 Å². The number of ether oxygens (including phenoxy) is 1. The number of nitrogens with one attached hydrogen (secondary N) is 2. The number of aryl methyl sites for hydroxylation is 1. The quantitative estimate of drug-likeness (QED) is 0.130. The summed E-state index contributed by atoms with van der Waals surface area (Å²) in [6.07, 6.45) is 11.1. The molecule has 2 aliphatic heterocycles. The Balaban J connectivity index is 1.36. The van der Waals surface area contributed by atoms with Gasteiger partial charge in [-0.05, 0) is 80.5 Å². The second-order valence-electron chi connectivity index (χ2n) is 12.5. The lowest BCUT2D eigenvalue weighted by Crippen LogP contribution is -2.55. The fourth-order valence-corrected chi connectivity index (χ4v) is 8.31. The summed E-state index contributed by atoms with van der Waals surface area (Å²) in [5.41, 5.74) is 5.60. The number of nitrogens with zero attached hydrogens (tertiary/aromatic N) is 8. The average molecular weight is 734 g/mol. The zero-order chi connectivity index (χ0) is 34.0. The average Bonchev–Trinajstić information content (AvgIpc) is 3.51. The molecule has 2 fully saturated rings. The number of hydrogen-bond donors (Lipinski definition) is 2. The van der Waals surface area contributed by atoms with Gasteiger partial charge in [-0.1, -0.05) is 6.42 Å². The van der Waals surface area contributed by atoms with E-state index in [1.165, 1.54) is 25.8 Å². The summed E-state index contributed by atoms with van der Waals surface area (Å²) in [6, 6.07) is 8.38. The molecule has 2 saturated heterocycles. The minimum absolute atomic E-state index is 0.355. The van der Waals surface area contributed by atoms with E-state index in [0.717, 1.165) is 42.1 Å². The molecule has 0 aliphatic carbocycles. The summed E-state index contributed by atoms with van der Waals surface area (Å²) in [5, 5.41) is 11.8. The molecule has 1 atom stereocenters. The highest BCUT2D eigenvalue weighted by Crippen LogP contribution is 2.46. The van der Waals surface area contributed by atoms with Crippen molar-refractivity contribution < 1.29 is 9.30 Å². The van der Waals surface area contributed by atoms with Crippen molar-refractivity contribution in [2.75, 3.05) is 62.2 Å². The Morgan fingerprint density at radius 2 is 1.96 bits per heavy atom. The molecule has 0 saturated carbocycles. The molecule has 4 aromatic rings. The van der Waals surface area contributed by atoms with Crippen LogP contribution >= 0.6 is 23.1 Å². The number of rotatable bonds is 10. The summed E-state index contributed by atoms with van der Waals surface area (Å²) >= 11 is 3.59. The third-order valence-corrected chi connectivity index (χ3v) is 11.0. The molecule has 2 aromatic heterocycles. The lowest BCUT2D eigenvalue weighted by atomic mass is 9.97. The highest BCUT2D eigenvalue weighted by Gasteiger charge is 2.31. The monoisotopic (exact) mass is 732 g/mol. The third-order valence-electron chi connectivity index (χ3n) is 8.85. The van der Waals surface area contributed by atoms with Gasteiger partial charge in [-0.15, -0.1) is 0 Å². The minimum Gasteiger partial charge on any atom is -0.494 e. The first-order valence-electron chi connectivity index (χ1n) is 16.0. The number of benzene rings is 2. The number of hydrogen-bond acceptors (Lipinski definition) is 11. The van der Waals surface area contributed by atoms with Crippen LogP contribution < -0.4 is 25.6 Å². The first-order chi connectivity index (χ1) is 23.1. The van der Waals surface area contributed by atoms with Gasteiger partial charge in [0.05, 0.1) is 40.1 Å². The molecular formula is C34H42BrN10O2P. The van der Waals surface area contributed by atoms with E-state index in [1.54, 1.807) is 38.9 Å². The van der Waals surface area contributed by atoms with E-state index in [-0.39, 0.29) is 0 Å². The van der Waals surface area contributed by atoms with Gasteiger partial charge in [-0.2, -0.15) is 10.1 Å². The largest absolute Gasteiger partial charge is 0.494 e. The molecule has 0 unspecified atom stereocenters. The molecule has 14 heteroatoms.